The molecule has 25 heavy (non-hydrogen) atoms. The molecule has 6 nitrogen and oxygen atoms in total. The fourth-order valence-electron chi connectivity index (χ4n) is 1.87. The molecular weight excluding hydrogens is 454 g/mol. The second-order valence-corrected chi connectivity index (χ2v) is 4.84. The first-order valence-electron chi connectivity index (χ1n) is 7.33. The van der Waals surface area contributed by atoms with Crippen molar-refractivity contribution in [1.29, 1.82) is 0 Å². The number of guanidine groups is 1. The summed E-state index contributed by atoms with van der Waals surface area (Å²) < 4.78 is 46.7. The van der Waals surface area contributed by atoms with E-state index in [2.05, 4.69) is 15.6 Å². The minimum Gasteiger partial charge on any atom is -0.502 e. The minimum atomic E-state index is -4.22. The van der Waals surface area contributed by atoms with Crippen LogP contribution in [0.2, 0.25) is 0 Å². The first-order valence-corrected chi connectivity index (χ1v) is 7.33. The molecule has 1 aromatic rings. The number of benzene rings is 1. The van der Waals surface area contributed by atoms with Gasteiger partial charge in [0.25, 0.3) is 0 Å². The fraction of sp³-hybridized carbons (Fsp3) is 0.533. The van der Waals surface area contributed by atoms with Gasteiger partial charge in [-0.2, -0.15) is 13.2 Å². The molecule has 3 N–H and O–H groups in total. The molecule has 1 aromatic carbocycles. The van der Waals surface area contributed by atoms with Crippen molar-refractivity contribution in [3.8, 4) is 17.2 Å². The Hall–Kier alpha value is -1.59. The van der Waals surface area contributed by atoms with E-state index < -0.39 is 12.6 Å². The summed E-state index contributed by atoms with van der Waals surface area (Å²) in [6.45, 7) is 2.24. The van der Waals surface area contributed by atoms with Crippen molar-refractivity contribution in [2.45, 2.75) is 26.1 Å². The number of aliphatic imine (C=N–C) groups is 1. The largest absolute Gasteiger partial charge is 0.502 e. The Morgan fingerprint density at radius 3 is 2.16 bits per heavy atom. The highest BCUT2D eigenvalue weighted by Gasteiger charge is 2.26. The highest BCUT2D eigenvalue weighted by Crippen LogP contribution is 2.37. The van der Waals surface area contributed by atoms with Crippen molar-refractivity contribution in [2.24, 2.45) is 4.99 Å². The van der Waals surface area contributed by atoms with Gasteiger partial charge in [0.1, 0.15) is 0 Å². The van der Waals surface area contributed by atoms with Gasteiger partial charge in [0.2, 0.25) is 5.75 Å². The van der Waals surface area contributed by atoms with Gasteiger partial charge >= 0.3 is 6.18 Å². The molecule has 0 aliphatic carbocycles. The third-order valence-corrected chi connectivity index (χ3v) is 3.00. The van der Waals surface area contributed by atoms with E-state index in [9.17, 15) is 18.3 Å². The zero-order valence-electron chi connectivity index (χ0n) is 14.2. The number of phenolic OH excluding ortho intramolecular Hbond substituents is 1. The number of hydrogen-bond acceptors (Lipinski definition) is 4. The quantitative estimate of drug-likeness (QED) is 0.320. The summed E-state index contributed by atoms with van der Waals surface area (Å²) in [5.74, 6) is 0.611. The molecule has 144 valence electrons. The number of nitrogens with one attached hydrogen (secondary N) is 2. The normalized spacial score (nSPS) is 11.5. The lowest BCUT2D eigenvalue weighted by atomic mass is 10.2. The highest BCUT2D eigenvalue weighted by atomic mass is 127. The second kappa shape index (κ2) is 11.1. The third-order valence-electron chi connectivity index (χ3n) is 3.00. The van der Waals surface area contributed by atoms with Crippen LogP contribution in [0.1, 0.15) is 18.9 Å². The summed E-state index contributed by atoms with van der Waals surface area (Å²) in [4.78, 5) is 4.22. The molecule has 0 radical (unpaired) electrons. The van der Waals surface area contributed by atoms with E-state index in [0.29, 0.717) is 12.1 Å². The van der Waals surface area contributed by atoms with Gasteiger partial charge in [-0.25, -0.2) is 4.99 Å². The van der Waals surface area contributed by atoms with Crippen LogP contribution in [0.5, 0.6) is 17.2 Å². The van der Waals surface area contributed by atoms with Crippen molar-refractivity contribution >= 4 is 29.9 Å². The molecule has 0 aromatic heterocycles. The van der Waals surface area contributed by atoms with Crippen molar-refractivity contribution in [2.75, 3.05) is 27.3 Å². The number of halogens is 4. The molecule has 0 unspecified atom stereocenters. The number of methoxy groups -OCH3 is 2. The van der Waals surface area contributed by atoms with E-state index in [-0.39, 0.29) is 60.3 Å². The first-order chi connectivity index (χ1) is 11.3. The molecule has 0 spiro atoms. The molecule has 0 amide bonds. The van der Waals surface area contributed by atoms with E-state index in [1.165, 1.54) is 14.2 Å². The second-order valence-electron chi connectivity index (χ2n) is 4.84. The van der Waals surface area contributed by atoms with Crippen molar-refractivity contribution < 1.29 is 27.8 Å². The van der Waals surface area contributed by atoms with Gasteiger partial charge in [-0.05, 0) is 24.6 Å². The van der Waals surface area contributed by atoms with Crippen LogP contribution in [0, 0.1) is 0 Å². The monoisotopic (exact) mass is 477 g/mol. The van der Waals surface area contributed by atoms with E-state index in [1.807, 2.05) is 6.92 Å². The molecule has 0 heterocycles. The van der Waals surface area contributed by atoms with Gasteiger partial charge in [-0.15, -0.1) is 24.0 Å². The average Bonchev–Trinajstić information content (AvgIpc) is 2.52. The topological polar surface area (TPSA) is 75.1 Å². The van der Waals surface area contributed by atoms with Crippen LogP contribution in [0.4, 0.5) is 13.2 Å². The summed E-state index contributed by atoms with van der Waals surface area (Å²) in [7, 11) is 2.81. The molecule has 0 saturated carbocycles. The van der Waals surface area contributed by atoms with Gasteiger partial charge in [-0.3, -0.25) is 0 Å². The van der Waals surface area contributed by atoms with E-state index in [4.69, 9.17) is 9.47 Å². The van der Waals surface area contributed by atoms with E-state index >= 15 is 0 Å². The summed E-state index contributed by atoms with van der Waals surface area (Å²) in [5, 5.41) is 15.3. The van der Waals surface area contributed by atoms with Crippen LogP contribution in [0.15, 0.2) is 17.1 Å². The number of hydrogen-bond donors (Lipinski definition) is 3. The van der Waals surface area contributed by atoms with Gasteiger partial charge in [0.05, 0.1) is 27.2 Å². The number of alkyl halides is 3. The zero-order valence-corrected chi connectivity index (χ0v) is 16.6. The van der Waals surface area contributed by atoms with Gasteiger partial charge in [-0.1, -0.05) is 0 Å². The lowest BCUT2D eigenvalue weighted by molar-refractivity contribution is -0.132. The molecule has 10 heteroatoms. The molecule has 0 bridgehead atoms. The lowest BCUT2D eigenvalue weighted by Gasteiger charge is -2.13. The average molecular weight is 477 g/mol. The molecule has 0 saturated heterocycles. The standard InChI is InChI=1S/C15H22F3N3O3.HI/c1-4-19-14(20-6-5-15(16,17)18)21-9-10-7-11(23-2)13(22)12(8-10)24-3;/h7-8,22H,4-6,9H2,1-3H3,(H2,19,20,21);1H. The van der Waals surface area contributed by atoms with Crippen molar-refractivity contribution in [3.05, 3.63) is 17.7 Å². The van der Waals surface area contributed by atoms with E-state index in [0.717, 1.165) is 0 Å². The Kier molecular flexibility index (Phi) is 10.4. The minimum absolute atomic E-state index is 0. The third kappa shape index (κ3) is 8.36. The SMILES string of the molecule is CCNC(=NCc1cc(OC)c(O)c(OC)c1)NCCC(F)(F)F.I. The van der Waals surface area contributed by atoms with Crippen LogP contribution >= 0.6 is 24.0 Å². The van der Waals surface area contributed by atoms with Gasteiger partial charge in [0.15, 0.2) is 17.5 Å². The van der Waals surface area contributed by atoms with Crippen LogP contribution < -0.4 is 20.1 Å². The first kappa shape index (κ1) is 23.4. The van der Waals surface area contributed by atoms with Crippen LogP contribution in [-0.4, -0.2) is 44.6 Å². The predicted molar refractivity (Wildman–Crippen MR) is 100 cm³/mol. The Balaban J connectivity index is 0.00000576. The number of aromatic hydroxyl groups is 1. The maximum atomic E-state index is 12.2. The fourth-order valence-corrected chi connectivity index (χ4v) is 1.87. The molecule has 0 atom stereocenters. The molecule has 0 fully saturated rings. The van der Waals surface area contributed by atoms with Gasteiger partial charge in [0, 0.05) is 13.1 Å². The van der Waals surface area contributed by atoms with Crippen LogP contribution in [0.3, 0.4) is 0 Å². The Morgan fingerprint density at radius 2 is 1.72 bits per heavy atom. The Bertz CT molecular complexity index is 544. The van der Waals surface area contributed by atoms with Crippen LogP contribution in [0.25, 0.3) is 0 Å². The maximum absolute atomic E-state index is 12.2. The number of phenols is 1. The predicted octanol–water partition coefficient (Wildman–Crippen LogP) is 3.03. The molecule has 0 aliphatic rings. The molecular formula is C15H23F3IN3O3. The molecule has 0 aliphatic heterocycles. The number of rotatable bonds is 7. The Labute approximate surface area is 161 Å². The van der Waals surface area contributed by atoms with Crippen molar-refractivity contribution in [3.63, 3.8) is 0 Å². The highest BCUT2D eigenvalue weighted by molar-refractivity contribution is 14.0. The zero-order chi connectivity index (χ0) is 18.2. The smallest absolute Gasteiger partial charge is 0.390 e. The lowest BCUT2D eigenvalue weighted by Crippen LogP contribution is -2.38. The summed E-state index contributed by atoms with van der Waals surface area (Å²) in [6, 6.07) is 3.17. The van der Waals surface area contributed by atoms with Crippen molar-refractivity contribution in [1.82, 2.24) is 10.6 Å². The summed E-state index contributed by atoms with van der Waals surface area (Å²) in [6.07, 6.45) is -5.17. The van der Waals surface area contributed by atoms with E-state index in [1.54, 1.807) is 12.1 Å². The van der Waals surface area contributed by atoms with Gasteiger partial charge < -0.3 is 25.2 Å². The number of nitrogens with zero attached hydrogens (tertiary/aromatic N) is 1. The van der Waals surface area contributed by atoms with Crippen LogP contribution in [-0.2, 0) is 6.54 Å². The number of ether oxygens (including phenoxy) is 2. The Morgan fingerprint density at radius 1 is 1.16 bits per heavy atom. The molecule has 1 rings (SSSR count). The summed E-state index contributed by atoms with van der Waals surface area (Å²) in [5.41, 5.74) is 0.675. The maximum Gasteiger partial charge on any atom is 0.390 e. The summed E-state index contributed by atoms with van der Waals surface area (Å²) >= 11 is 0.